The van der Waals surface area contributed by atoms with Gasteiger partial charge >= 0.3 is 0 Å². The Labute approximate surface area is 132 Å². The minimum Gasteiger partial charge on any atom is -0.507 e. The lowest BCUT2D eigenvalue weighted by Gasteiger charge is -2.37. The Morgan fingerprint density at radius 1 is 1.48 bits per heavy atom. The largest absolute Gasteiger partial charge is 0.507 e. The number of carbonyl (C=O) groups excluding carboxylic acids is 1. The molecular formula is C16H18FN3O3. The van der Waals surface area contributed by atoms with Crippen LogP contribution in [0.25, 0.3) is 0 Å². The molecule has 1 atom stereocenters. The molecule has 1 saturated carbocycles. The predicted octanol–water partition coefficient (Wildman–Crippen LogP) is 1.51. The fourth-order valence-corrected chi connectivity index (χ4v) is 2.89. The van der Waals surface area contributed by atoms with Crippen LogP contribution in [0.15, 0.2) is 30.6 Å². The Morgan fingerprint density at radius 3 is 2.83 bits per heavy atom. The molecule has 1 aliphatic carbocycles. The summed E-state index contributed by atoms with van der Waals surface area (Å²) in [4.78, 5) is 12.4. The number of aromatic nitrogens is 2. The van der Waals surface area contributed by atoms with Gasteiger partial charge in [-0.2, -0.15) is 5.10 Å². The van der Waals surface area contributed by atoms with Crippen molar-refractivity contribution in [1.82, 2.24) is 15.1 Å². The van der Waals surface area contributed by atoms with Crippen LogP contribution in [-0.2, 0) is 7.05 Å². The van der Waals surface area contributed by atoms with E-state index in [1.165, 1.54) is 0 Å². The van der Waals surface area contributed by atoms with Gasteiger partial charge in [-0.1, -0.05) is 0 Å². The Kier molecular flexibility index (Phi) is 4.04. The van der Waals surface area contributed by atoms with Crippen LogP contribution in [0.5, 0.6) is 5.75 Å². The molecule has 0 aliphatic heterocycles. The zero-order valence-electron chi connectivity index (χ0n) is 12.6. The average molecular weight is 319 g/mol. The third kappa shape index (κ3) is 3.19. The van der Waals surface area contributed by atoms with Gasteiger partial charge in [0, 0.05) is 18.8 Å². The molecule has 7 heteroatoms. The quantitative estimate of drug-likeness (QED) is 0.797. The van der Waals surface area contributed by atoms with Crippen LogP contribution in [-0.4, -0.2) is 32.0 Å². The molecule has 6 nitrogen and oxygen atoms in total. The first-order chi connectivity index (χ1) is 10.9. The zero-order chi connectivity index (χ0) is 16.6. The first-order valence-corrected chi connectivity index (χ1v) is 7.40. The summed E-state index contributed by atoms with van der Waals surface area (Å²) in [6.07, 6.45) is 4.24. The molecule has 23 heavy (non-hydrogen) atoms. The highest BCUT2D eigenvalue weighted by molar-refractivity contribution is 5.97. The molecule has 0 saturated heterocycles. The van der Waals surface area contributed by atoms with Crippen molar-refractivity contribution in [3.63, 3.8) is 0 Å². The molecule has 0 bridgehead atoms. The number of aryl methyl sites for hydroxylation is 1. The van der Waals surface area contributed by atoms with Crippen molar-refractivity contribution in [2.45, 2.75) is 25.0 Å². The van der Waals surface area contributed by atoms with Crippen LogP contribution >= 0.6 is 0 Å². The summed E-state index contributed by atoms with van der Waals surface area (Å²) in [5.74, 6) is -1.35. The molecule has 3 N–H and O–H groups in total. The Bertz CT molecular complexity index is 725. The smallest absolute Gasteiger partial charge is 0.255 e. The monoisotopic (exact) mass is 319 g/mol. The van der Waals surface area contributed by atoms with E-state index in [-0.39, 0.29) is 29.4 Å². The molecule has 122 valence electrons. The maximum absolute atomic E-state index is 13.3. The first kappa shape index (κ1) is 15.5. The molecule has 0 radical (unpaired) electrons. The summed E-state index contributed by atoms with van der Waals surface area (Å²) in [6.45, 7) is 0. The molecular weight excluding hydrogens is 301 g/mol. The van der Waals surface area contributed by atoms with Gasteiger partial charge in [0.05, 0.1) is 23.9 Å². The number of phenols is 1. The molecule has 0 spiro atoms. The van der Waals surface area contributed by atoms with Crippen molar-refractivity contribution in [3.8, 4) is 5.75 Å². The van der Waals surface area contributed by atoms with Gasteiger partial charge in [-0.15, -0.1) is 0 Å². The molecule has 0 unspecified atom stereocenters. The lowest BCUT2D eigenvalue weighted by atomic mass is 9.75. The van der Waals surface area contributed by atoms with Crippen LogP contribution in [0.4, 0.5) is 4.39 Å². The second-order valence-electron chi connectivity index (χ2n) is 5.95. The number of hydrogen-bond donors (Lipinski definition) is 3. The average Bonchev–Trinajstić information content (AvgIpc) is 2.90. The SMILES string of the molecule is Cn1cc([C@H](NC(=O)c2cc(F)ccc2O)C2CC(O)C2)cn1. The van der Waals surface area contributed by atoms with Crippen molar-refractivity contribution >= 4 is 5.91 Å². The number of hydrogen-bond acceptors (Lipinski definition) is 4. The number of aromatic hydroxyl groups is 1. The van der Waals surface area contributed by atoms with Gasteiger partial charge in [0.25, 0.3) is 5.91 Å². The number of nitrogens with zero attached hydrogens (tertiary/aromatic N) is 2. The van der Waals surface area contributed by atoms with E-state index in [0.717, 1.165) is 23.8 Å². The van der Waals surface area contributed by atoms with E-state index in [2.05, 4.69) is 10.4 Å². The second-order valence-corrected chi connectivity index (χ2v) is 5.95. The van der Waals surface area contributed by atoms with Gasteiger partial charge in [-0.05, 0) is 37.0 Å². The van der Waals surface area contributed by atoms with Crippen LogP contribution < -0.4 is 5.32 Å². The number of amides is 1. The Balaban J connectivity index is 1.83. The van der Waals surface area contributed by atoms with E-state index in [4.69, 9.17) is 0 Å². The van der Waals surface area contributed by atoms with Gasteiger partial charge in [-0.25, -0.2) is 4.39 Å². The lowest BCUT2D eigenvalue weighted by molar-refractivity contribution is 0.0235. The molecule has 1 heterocycles. The van der Waals surface area contributed by atoms with E-state index in [1.54, 1.807) is 24.1 Å². The maximum atomic E-state index is 13.3. The van der Waals surface area contributed by atoms with Crippen molar-refractivity contribution < 1.29 is 19.4 Å². The summed E-state index contributed by atoms with van der Waals surface area (Å²) in [5, 5.41) is 26.2. The van der Waals surface area contributed by atoms with Crippen LogP contribution in [0.3, 0.4) is 0 Å². The number of rotatable bonds is 4. The number of aliphatic hydroxyl groups excluding tert-OH is 1. The topological polar surface area (TPSA) is 87.4 Å². The van der Waals surface area contributed by atoms with E-state index in [1.807, 2.05) is 0 Å². The fraction of sp³-hybridized carbons (Fsp3) is 0.375. The Hall–Kier alpha value is -2.41. The number of nitrogens with one attached hydrogen (secondary N) is 1. The van der Waals surface area contributed by atoms with E-state index < -0.39 is 11.7 Å². The normalized spacial score (nSPS) is 21.5. The first-order valence-electron chi connectivity index (χ1n) is 7.40. The maximum Gasteiger partial charge on any atom is 0.255 e. The minimum absolute atomic E-state index is 0.0776. The number of phenolic OH excluding ortho intramolecular Hbond substituents is 1. The summed E-state index contributed by atoms with van der Waals surface area (Å²) >= 11 is 0. The summed E-state index contributed by atoms with van der Waals surface area (Å²) in [6, 6.07) is 2.89. The molecule has 2 aromatic rings. The van der Waals surface area contributed by atoms with Gasteiger partial charge in [0.1, 0.15) is 11.6 Å². The highest BCUT2D eigenvalue weighted by Crippen LogP contribution is 2.38. The summed E-state index contributed by atoms with van der Waals surface area (Å²) < 4.78 is 14.9. The van der Waals surface area contributed by atoms with Crippen molar-refractivity contribution in [2.75, 3.05) is 0 Å². The Morgan fingerprint density at radius 2 is 2.22 bits per heavy atom. The third-order valence-corrected chi connectivity index (χ3v) is 4.19. The number of halogens is 1. The van der Waals surface area contributed by atoms with Crippen LogP contribution in [0, 0.1) is 11.7 Å². The lowest BCUT2D eigenvalue weighted by Crippen LogP contribution is -2.41. The molecule has 1 aliphatic rings. The molecule has 1 fully saturated rings. The van der Waals surface area contributed by atoms with Crippen molar-refractivity contribution in [1.29, 1.82) is 0 Å². The molecule has 1 amide bonds. The number of carbonyl (C=O) groups is 1. The van der Waals surface area contributed by atoms with E-state index in [9.17, 15) is 19.4 Å². The van der Waals surface area contributed by atoms with E-state index in [0.29, 0.717) is 12.8 Å². The fourth-order valence-electron chi connectivity index (χ4n) is 2.89. The van der Waals surface area contributed by atoms with Gasteiger partial charge in [0.2, 0.25) is 0 Å². The van der Waals surface area contributed by atoms with Gasteiger partial charge < -0.3 is 15.5 Å². The van der Waals surface area contributed by atoms with Crippen molar-refractivity contribution in [3.05, 3.63) is 47.5 Å². The zero-order valence-corrected chi connectivity index (χ0v) is 12.6. The highest BCUT2D eigenvalue weighted by Gasteiger charge is 2.36. The number of benzene rings is 1. The second kappa shape index (κ2) is 6.00. The van der Waals surface area contributed by atoms with E-state index >= 15 is 0 Å². The third-order valence-electron chi connectivity index (χ3n) is 4.19. The highest BCUT2D eigenvalue weighted by atomic mass is 19.1. The van der Waals surface area contributed by atoms with Gasteiger partial charge in [0.15, 0.2) is 0 Å². The minimum atomic E-state index is -0.593. The van der Waals surface area contributed by atoms with Crippen LogP contribution in [0.2, 0.25) is 0 Å². The standard InChI is InChI=1S/C16H18FN3O3/c1-20-8-10(7-18-20)15(9-4-12(21)5-9)19-16(23)13-6-11(17)2-3-14(13)22/h2-3,6-9,12,15,21-22H,4-5H2,1H3,(H,19,23)/t9?,12?,15-/m1/s1. The molecule has 1 aromatic carbocycles. The van der Waals surface area contributed by atoms with Crippen LogP contribution in [0.1, 0.15) is 34.8 Å². The molecule has 3 rings (SSSR count). The summed E-state index contributed by atoms with van der Waals surface area (Å²) in [7, 11) is 1.77. The summed E-state index contributed by atoms with van der Waals surface area (Å²) in [5.41, 5.74) is 0.701. The number of aliphatic hydroxyl groups is 1. The van der Waals surface area contributed by atoms with Crippen molar-refractivity contribution in [2.24, 2.45) is 13.0 Å². The predicted molar refractivity (Wildman–Crippen MR) is 80.2 cm³/mol. The molecule has 1 aromatic heterocycles. The van der Waals surface area contributed by atoms with Gasteiger partial charge in [-0.3, -0.25) is 9.48 Å².